The molecule has 0 aliphatic heterocycles. The molecule has 3 unspecified atom stereocenters. The summed E-state index contributed by atoms with van der Waals surface area (Å²) in [6, 6.07) is 0. The van der Waals surface area contributed by atoms with E-state index in [0.29, 0.717) is 4.74 Å². The summed E-state index contributed by atoms with van der Waals surface area (Å²) in [5.74, 6) is -60.0. The maximum atomic E-state index is 14.4. The van der Waals surface area contributed by atoms with Gasteiger partial charge < -0.3 is 0 Å². The van der Waals surface area contributed by atoms with Crippen LogP contribution in [0, 0.1) is 0 Å². The normalized spacial score (nSPS) is 19.1. The molecule has 0 rings (SSSR count). The topological polar surface area (TPSA) is 61.8 Å². The summed E-state index contributed by atoms with van der Waals surface area (Å²) in [4.78, 5) is 22.4. The summed E-state index contributed by atoms with van der Waals surface area (Å²) >= 11 is 0. The Kier molecular flexibility index (Phi) is 13.6. The average molecular weight is 992 g/mol. The van der Waals surface area contributed by atoms with Crippen molar-refractivity contribution in [3.8, 4) is 0 Å². The van der Waals surface area contributed by atoms with Crippen LogP contribution in [-0.2, 0) is 23.8 Å². The Balaban J connectivity index is 7.93. The highest BCUT2D eigenvalue weighted by molar-refractivity contribution is 5.96. The molecule has 0 heterocycles. The van der Waals surface area contributed by atoms with E-state index >= 15 is 0 Å². The first-order chi connectivity index (χ1) is 25.2. The molecule has 3 atom stereocenters. The van der Waals surface area contributed by atoms with Crippen molar-refractivity contribution in [1.82, 2.24) is 0 Å². The molecule has 0 fully saturated rings. The molecule has 0 aliphatic carbocycles. The van der Waals surface area contributed by atoms with E-state index in [2.05, 4.69) is 0 Å². The number of halogens is 36. The monoisotopic (exact) mass is 992 g/mol. The molecular formula is C19F36O5. The molecule has 60 heavy (non-hydrogen) atoms. The average Bonchev–Trinajstić information content (AvgIpc) is 2.94. The zero-order valence-electron chi connectivity index (χ0n) is 25.1. The number of alkyl halides is 36. The van der Waals surface area contributed by atoms with Crippen LogP contribution in [0.1, 0.15) is 0 Å². The van der Waals surface area contributed by atoms with Gasteiger partial charge in [-0.2, -0.15) is 149 Å². The molecule has 0 N–H and O–H groups in total. The van der Waals surface area contributed by atoms with Crippen molar-refractivity contribution >= 4 is 11.6 Å². The fraction of sp³-hybridized carbons (Fsp3) is 0.895. The van der Waals surface area contributed by atoms with Crippen molar-refractivity contribution in [3.05, 3.63) is 0 Å². The second-order valence-electron chi connectivity index (χ2n) is 10.3. The first kappa shape index (κ1) is 56.7. The predicted molar refractivity (Wildman–Crippen MR) is 99.6 cm³/mol. The number of rotatable bonds is 14. The summed E-state index contributed by atoms with van der Waals surface area (Å²) in [5.41, 5.74) is -17.5. The summed E-state index contributed by atoms with van der Waals surface area (Å²) < 4.78 is 482. The highest BCUT2D eigenvalue weighted by Gasteiger charge is 2.92. The van der Waals surface area contributed by atoms with Gasteiger partial charge in [-0.3, -0.25) is 23.8 Å². The molecule has 0 aliphatic rings. The second kappa shape index (κ2) is 14.4. The zero-order valence-corrected chi connectivity index (χ0v) is 25.1. The van der Waals surface area contributed by atoms with Crippen LogP contribution in [-0.4, -0.2) is 114 Å². The summed E-state index contributed by atoms with van der Waals surface area (Å²) in [7, 11) is 0. The Bertz CT molecular complexity index is 1560. The number of hydrogen-bond acceptors (Lipinski definition) is 5. The zero-order chi connectivity index (χ0) is 49.8. The molecule has 0 saturated carbocycles. The van der Waals surface area contributed by atoms with Crippen LogP contribution in [0.3, 0.4) is 0 Å². The molecule has 5 nitrogen and oxygen atoms in total. The minimum absolute atomic E-state index is 0.605. The molecule has 0 aromatic rings. The van der Waals surface area contributed by atoms with Crippen LogP contribution < -0.4 is 0 Å². The van der Waals surface area contributed by atoms with Gasteiger partial charge in [-0.05, 0) is 0 Å². The Labute approximate surface area is 297 Å². The highest BCUT2D eigenvalue weighted by atomic mass is 19.5. The van der Waals surface area contributed by atoms with Gasteiger partial charge in [-0.1, -0.05) is 0 Å². The highest BCUT2D eigenvalue weighted by Crippen LogP contribution is 2.62. The van der Waals surface area contributed by atoms with E-state index in [-0.39, 0.29) is 0 Å². The van der Waals surface area contributed by atoms with Crippen LogP contribution in [0.2, 0.25) is 0 Å². The molecule has 358 valence electrons. The number of carbonyl (C=O) groups is 2. The number of Topliss-reactive ketones (excluding diaryl/α,β-unsaturated/α-hetero) is 2. The van der Waals surface area contributed by atoms with Gasteiger partial charge in [0.25, 0.3) is 11.6 Å². The van der Waals surface area contributed by atoms with Gasteiger partial charge in [-0.15, -0.1) is 0 Å². The summed E-state index contributed by atoms with van der Waals surface area (Å²) in [5, 5.41) is 0. The van der Waals surface area contributed by atoms with Gasteiger partial charge in [0, 0.05) is 0 Å². The van der Waals surface area contributed by atoms with E-state index in [4.69, 9.17) is 0 Å². The lowest BCUT2D eigenvalue weighted by Gasteiger charge is -2.43. The van der Waals surface area contributed by atoms with Crippen molar-refractivity contribution in [2.24, 2.45) is 0 Å². The molecule has 0 spiro atoms. The van der Waals surface area contributed by atoms with Crippen molar-refractivity contribution in [2.75, 3.05) is 0 Å². The number of ether oxygens (including phenoxy) is 3. The third kappa shape index (κ3) is 8.32. The Hall–Kier alpha value is -3.30. The first-order valence-electron chi connectivity index (χ1n) is 12.2. The molecule has 0 radical (unpaired) electrons. The van der Waals surface area contributed by atoms with Crippen LogP contribution in [0.15, 0.2) is 0 Å². The van der Waals surface area contributed by atoms with E-state index in [1.165, 1.54) is 0 Å². The van der Waals surface area contributed by atoms with Gasteiger partial charge in [0.1, 0.15) is 0 Å². The van der Waals surface area contributed by atoms with Gasteiger partial charge >= 0.3 is 102 Å². The lowest BCUT2D eigenvalue weighted by Crippen LogP contribution is -2.73. The van der Waals surface area contributed by atoms with Gasteiger partial charge in [0.15, 0.2) is 0 Å². The third-order valence-corrected chi connectivity index (χ3v) is 6.17. The Morgan fingerprint density at radius 2 is 0.450 bits per heavy atom. The molecule has 0 bridgehead atoms. The van der Waals surface area contributed by atoms with Crippen molar-refractivity contribution in [1.29, 1.82) is 0 Å². The SMILES string of the molecule is O=C(C(F)(OC(F)(F)C(F)(F)C(F)(F)C(F)(F)OC(F)(C(F)(F)F)C(F)(F)OC(F)(C(=O)C(F)(C(F)(F)F)C(F)(F)F)C(F)(F)F)C(F)(F)F)C(F)(C(F)(F)F)C(F)(F)F. The standard InChI is InChI=1S/C19F36O5/c20-3(10(29,30)31,11(32,33)34)1(56)5(22,14(41,42)43)58-17(50,51)7(24,25)8(26,27)18(52,53)60-9(28,16(47,48)49)19(54,55)59-6(23,15(44,45)46)2(57)4(21,12(35,36)37)13(38,39)40. The third-order valence-electron chi connectivity index (χ3n) is 6.17. The molecule has 41 heteroatoms. The molecule has 0 aromatic heterocycles. The lowest BCUT2D eigenvalue weighted by molar-refractivity contribution is -0.555. The second-order valence-corrected chi connectivity index (χ2v) is 10.3. The molecular weight excluding hydrogens is 992 g/mol. The van der Waals surface area contributed by atoms with Crippen LogP contribution in [0.25, 0.3) is 0 Å². The van der Waals surface area contributed by atoms with Crippen molar-refractivity contribution in [2.45, 2.75) is 102 Å². The predicted octanol–water partition coefficient (Wildman–Crippen LogP) is 10.6. The lowest BCUT2D eigenvalue weighted by atomic mass is 9.92. The smallest absolute Gasteiger partial charge is 0.288 e. The largest absolute Gasteiger partial charge is 0.458 e. The van der Waals surface area contributed by atoms with Gasteiger partial charge in [0.2, 0.25) is 0 Å². The van der Waals surface area contributed by atoms with Crippen LogP contribution in [0.4, 0.5) is 158 Å². The fourth-order valence-corrected chi connectivity index (χ4v) is 3.12. The van der Waals surface area contributed by atoms with Crippen molar-refractivity contribution in [3.63, 3.8) is 0 Å². The maximum Gasteiger partial charge on any atom is 0.458 e. The fourth-order valence-electron chi connectivity index (χ4n) is 3.12. The van der Waals surface area contributed by atoms with Crippen LogP contribution >= 0.6 is 0 Å². The number of ketones is 2. The van der Waals surface area contributed by atoms with E-state index in [0.717, 1.165) is 9.47 Å². The number of hydrogen-bond donors (Lipinski definition) is 0. The first-order valence-corrected chi connectivity index (χ1v) is 12.2. The van der Waals surface area contributed by atoms with Gasteiger partial charge in [0.05, 0.1) is 0 Å². The summed E-state index contributed by atoms with van der Waals surface area (Å²) in [6.07, 6.45) is -89.3. The van der Waals surface area contributed by atoms with E-state index in [9.17, 15) is 168 Å². The maximum absolute atomic E-state index is 14.4. The Morgan fingerprint density at radius 1 is 0.250 bits per heavy atom. The van der Waals surface area contributed by atoms with E-state index in [1.807, 2.05) is 0 Å². The number of carbonyl (C=O) groups excluding carboxylic acids is 2. The minimum atomic E-state index is -9.80. The van der Waals surface area contributed by atoms with Crippen LogP contribution in [0.5, 0.6) is 0 Å². The minimum Gasteiger partial charge on any atom is -0.288 e. The quantitative estimate of drug-likeness (QED) is 0.162. The Morgan fingerprint density at radius 3 is 0.633 bits per heavy atom. The summed E-state index contributed by atoms with van der Waals surface area (Å²) in [6.45, 7) is 0. The molecule has 0 aromatic carbocycles. The molecule has 0 amide bonds. The molecule has 0 saturated heterocycles. The van der Waals surface area contributed by atoms with E-state index < -0.39 is 114 Å². The van der Waals surface area contributed by atoms with E-state index in [1.54, 1.807) is 0 Å². The van der Waals surface area contributed by atoms with Crippen molar-refractivity contribution < 1.29 is 182 Å². The van der Waals surface area contributed by atoms with Gasteiger partial charge in [-0.25, -0.2) is 8.78 Å².